The molecule has 0 amide bonds. The van der Waals surface area contributed by atoms with Crippen LogP contribution in [0.25, 0.3) is 0 Å². The Bertz CT molecular complexity index is 278. The van der Waals surface area contributed by atoms with Crippen molar-refractivity contribution in [1.82, 2.24) is 10.6 Å². The van der Waals surface area contributed by atoms with Crippen LogP contribution in [0.2, 0.25) is 0 Å². The van der Waals surface area contributed by atoms with E-state index < -0.39 is 0 Å². The van der Waals surface area contributed by atoms with Crippen LogP contribution in [-0.4, -0.2) is 37.9 Å². The molecule has 1 aliphatic carbocycles. The van der Waals surface area contributed by atoms with Crippen molar-refractivity contribution in [3.63, 3.8) is 0 Å². The van der Waals surface area contributed by atoms with Crippen molar-refractivity contribution in [1.29, 1.82) is 0 Å². The summed E-state index contributed by atoms with van der Waals surface area (Å²) in [6, 6.07) is 1.54. The highest BCUT2D eigenvalue weighted by atomic mass is 16.5. The summed E-state index contributed by atoms with van der Waals surface area (Å²) in [5.41, 5.74) is 0. The smallest absolute Gasteiger partial charge is 0.0588 e. The van der Waals surface area contributed by atoms with Crippen LogP contribution in [0.3, 0.4) is 0 Å². The Morgan fingerprint density at radius 3 is 2.79 bits per heavy atom. The van der Waals surface area contributed by atoms with Crippen molar-refractivity contribution in [3.8, 4) is 0 Å². The first kappa shape index (κ1) is 13.8. The van der Waals surface area contributed by atoms with E-state index in [-0.39, 0.29) is 0 Å². The Morgan fingerprint density at radius 2 is 2.05 bits per heavy atom. The van der Waals surface area contributed by atoms with Crippen LogP contribution in [0.1, 0.15) is 51.9 Å². The van der Waals surface area contributed by atoms with Gasteiger partial charge >= 0.3 is 0 Å². The van der Waals surface area contributed by atoms with Gasteiger partial charge in [0.1, 0.15) is 0 Å². The maximum Gasteiger partial charge on any atom is 0.0588 e. The van der Waals surface area contributed by atoms with Crippen molar-refractivity contribution in [2.24, 2.45) is 11.8 Å². The molecular formula is C16H30N2O. The zero-order chi connectivity index (χ0) is 13.1. The minimum absolute atomic E-state index is 0.458. The lowest BCUT2D eigenvalue weighted by molar-refractivity contribution is 0.104. The van der Waals surface area contributed by atoms with Gasteiger partial charge in [-0.3, -0.25) is 0 Å². The molecule has 2 N–H and O–H groups in total. The lowest BCUT2D eigenvalue weighted by Crippen LogP contribution is -2.47. The second-order valence-electron chi connectivity index (χ2n) is 6.79. The molecule has 5 unspecified atom stereocenters. The zero-order valence-corrected chi connectivity index (χ0v) is 12.4. The van der Waals surface area contributed by atoms with E-state index in [1.807, 2.05) is 0 Å². The van der Waals surface area contributed by atoms with E-state index in [1.165, 1.54) is 51.5 Å². The van der Waals surface area contributed by atoms with Crippen LogP contribution in [0.4, 0.5) is 0 Å². The van der Waals surface area contributed by atoms with Gasteiger partial charge in [0.25, 0.3) is 0 Å². The van der Waals surface area contributed by atoms with E-state index in [0.29, 0.717) is 6.10 Å². The molecule has 0 aromatic carbocycles. The second kappa shape index (κ2) is 6.55. The number of nitrogens with one attached hydrogen (secondary N) is 2. The summed E-state index contributed by atoms with van der Waals surface area (Å²) in [6.45, 7) is 5.59. The maximum atomic E-state index is 5.67. The summed E-state index contributed by atoms with van der Waals surface area (Å²) in [5.74, 6) is 1.61. The van der Waals surface area contributed by atoms with Crippen LogP contribution in [-0.2, 0) is 4.74 Å². The fourth-order valence-corrected chi connectivity index (χ4v) is 4.31. The van der Waals surface area contributed by atoms with Crippen LogP contribution < -0.4 is 10.6 Å². The molecule has 110 valence electrons. The highest BCUT2D eigenvalue weighted by molar-refractivity contribution is 4.93. The molecular weight excluding hydrogens is 236 g/mol. The van der Waals surface area contributed by atoms with Gasteiger partial charge < -0.3 is 15.4 Å². The van der Waals surface area contributed by atoms with E-state index in [4.69, 9.17) is 4.74 Å². The monoisotopic (exact) mass is 266 g/mol. The molecule has 2 heterocycles. The molecule has 0 aromatic heterocycles. The van der Waals surface area contributed by atoms with Crippen LogP contribution in [0.5, 0.6) is 0 Å². The molecule has 0 bridgehead atoms. The molecule has 0 aromatic rings. The molecule has 19 heavy (non-hydrogen) atoms. The summed E-state index contributed by atoms with van der Waals surface area (Å²) in [4.78, 5) is 0. The molecule has 3 fully saturated rings. The molecule has 2 aliphatic heterocycles. The van der Waals surface area contributed by atoms with Crippen LogP contribution in [0, 0.1) is 11.8 Å². The van der Waals surface area contributed by atoms with Crippen molar-refractivity contribution in [2.75, 3.05) is 19.7 Å². The third kappa shape index (κ3) is 3.32. The van der Waals surface area contributed by atoms with E-state index >= 15 is 0 Å². The number of rotatable bonds is 4. The summed E-state index contributed by atoms with van der Waals surface area (Å²) in [5, 5.41) is 7.64. The Balaban J connectivity index is 1.48. The first-order valence-corrected chi connectivity index (χ1v) is 8.43. The van der Waals surface area contributed by atoms with Gasteiger partial charge in [-0.15, -0.1) is 0 Å². The third-order valence-electron chi connectivity index (χ3n) is 5.61. The van der Waals surface area contributed by atoms with Crippen LogP contribution >= 0.6 is 0 Å². The number of hydrogen-bond donors (Lipinski definition) is 2. The lowest BCUT2D eigenvalue weighted by atomic mass is 9.88. The quantitative estimate of drug-likeness (QED) is 0.819. The van der Waals surface area contributed by atoms with Crippen molar-refractivity contribution >= 4 is 0 Å². The average molecular weight is 266 g/mol. The van der Waals surface area contributed by atoms with Crippen molar-refractivity contribution in [3.05, 3.63) is 0 Å². The third-order valence-corrected chi connectivity index (χ3v) is 5.61. The first-order valence-electron chi connectivity index (χ1n) is 8.43. The molecule has 3 nitrogen and oxygen atoms in total. The minimum Gasteiger partial charge on any atom is -0.378 e. The molecule has 3 rings (SSSR count). The van der Waals surface area contributed by atoms with E-state index in [0.717, 1.165) is 37.1 Å². The predicted octanol–water partition coefficient (Wildman–Crippen LogP) is 2.31. The van der Waals surface area contributed by atoms with Gasteiger partial charge in [-0.05, 0) is 57.4 Å². The Labute approximate surface area is 117 Å². The van der Waals surface area contributed by atoms with Gasteiger partial charge in [0.05, 0.1) is 6.10 Å². The number of ether oxygens (including phenoxy) is 1. The Hall–Kier alpha value is -0.120. The first-order chi connectivity index (χ1) is 9.34. The number of piperidine rings is 1. The minimum atomic E-state index is 0.458. The van der Waals surface area contributed by atoms with E-state index in [2.05, 4.69) is 17.6 Å². The molecule has 2 saturated heterocycles. The summed E-state index contributed by atoms with van der Waals surface area (Å²) in [7, 11) is 0. The van der Waals surface area contributed by atoms with Gasteiger partial charge in [-0.2, -0.15) is 0 Å². The van der Waals surface area contributed by atoms with E-state index in [1.54, 1.807) is 0 Å². The highest BCUT2D eigenvalue weighted by Gasteiger charge is 2.35. The van der Waals surface area contributed by atoms with Crippen LogP contribution in [0.15, 0.2) is 0 Å². The van der Waals surface area contributed by atoms with Gasteiger partial charge in [-0.1, -0.05) is 12.8 Å². The molecule has 0 spiro atoms. The standard InChI is InChI=1S/C16H30N2O/c1-12-13(8-10-19-12)11-18-16-7-4-5-14(16)15-6-2-3-9-17-15/h12-18H,2-11H2,1H3. The molecule has 5 atom stereocenters. The second-order valence-corrected chi connectivity index (χ2v) is 6.79. The van der Waals surface area contributed by atoms with Gasteiger partial charge in [-0.25, -0.2) is 0 Å². The topological polar surface area (TPSA) is 33.3 Å². The molecule has 1 saturated carbocycles. The van der Waals surface area contributed by atoms with Gasteiger partial charge in [0.15, 0.2) is 0 Å². The van der Waals surface area contributed by atoms with Crippen molar-refractivity contribution < 1.29 is 4.74 Å². The SMILES string of the molecule is CC1OCCC1CNC1CCCC1C1CCCCN1. The van der Waals surface area contributed by atoms with Gasteiger partial charge in [0, 0.05) is 25.2 Å². The Kier molecular flexibility index (Phi) is 4.78. The van der Waals surface area contributed by atoms with Crippen molar-refractivity contribution in [2.45, 2.75) is 70.1 Å². The summed E-state index contributed by atoms with van der Waals surface area (Å²) < 4.78 is 5.67. The lowest BCUT2D eigenvalue weighted by Gasteiger charge is -2.33. The maximum absolute atomic E-state index is 5.67. The number of hydrogen-bond acceptors (Lipinski definition) is 3. The summed E-state index contributed by atoms with van der Waals surface area (Å²) >= 11 is 0. The average Bonchev–Trinajstić information content (AvgIpc) is 3.06. The zero-order valence-electron chi connectivity index (χ0n) is 12.4. The normalized spacial score (nSPS) is 43.7. The highest BCUT2D eigenvalue weighted by Crippen LogP contribution is 2.32. The molecule has 3 heteroatoms. The largest absolute Gasteiger partial charge is 0.378 e. The predicted molar refractivity (Wildman–Crippen MR) is 78.3 cm³/mol. The fraction of sp³-hybridized carbons (Fsp3) is 1.00. The molecule has 0 radical (unpaired) electrons. The fourth-order valence-electron chi connectivity index (χ4n) is 4.31. The van der Waals surface area contributed by atoms with E-state index in [9.17, 15) is 0 Å². The Morgan fingerprint density at radius 1 is 1.11 bits per heavy atom. The summed E-state index contributed by atoms with van der Waals surface area (Å²) in [6.07, 6.45) is 10.1. The molecule has 3 aliphatic rings. The van der Waals surface area contributed by atoms with Gasteiger partial charge in [0.2, 0.25) is 0 Å².